The summed E-state index contributed by atoms with van der Waals surface area (Å²) in [6.07, 6.45) is 3.68. The third-order valence-corrected chi connectivity index (χ3v) is 2.01. The molecule has 0 bridgehead atoms. The second-order valence-corrected chi connectivity index (χ2v) is 3.22. The molecule has 3 nitrogen and oxygen atoms in total. The predicted octanol–water partition coefficient (Wildman–Crippen LogP) is 2.46. The van der Waals surface area contributed by atoms with Crippen LogP contribution in [0, 0.1) is 0 Å². The van der Waals surface area contributed by atoms with E-state index in [4.69, 9.17) is 4.74 Å². The standard InChI is InChI=1S/C13H14O3/c1-3-5-10-9-11(14)6-7-12(10)13(15)16-8-4-2/h3-4,6-7,9,14H,1-2,5,8H2. The number of benzene rings is 1. The molecule has 16 heavy (non-hydrogen) atoms. The highest BCUT2D eigenvalue weighted by atomic mass is 16.5. The summed E-state index contributed by atoms with van der Waals surface area (Å²) in [5.74, 6) is -0.297. The lowest BCUT2D eigenvalue weighted by molar-refractivity contribution is 0.0548. The van der Waals surface area contributed by atoms with Gasteiger partial charge in [0.05, 0.1) is 5.56 Å². The first-order valence-corrected chi connectivity index (χ1v) is 4.90. The zero-order valence-electron chi connectivity index (χ0n) is 8.98. The molecule has 0 aromatic heterocycles. The molecule has 1 aromatic carbocycles. The summed E-state index contributed by atoms with van der Waals surface area (Å²) in [5.41, 5.74) is 1.14. The molecule has 0 amide bonds. The molecule has 0 aliphatic heterocycles. The van der Waals surface area contributed by atoms with Crippen LogP contribution in [0.25, 0.3) is 0 Å². The minimum atomic E-state index is -0.420. The third kappa shape index (κ3) is 2.98. The van der Waals surface area contributed by atoms with Crippen LogP contribution in [-0.2, 0) is 11.2 Å². The molecule has 0 saturated carbocycles. The highest BCUT2D eigenvalue weighted by molar-refractivity contribution is 5.91. The summed E-state index contributed by atoms with van der Waals surface area (Å²) in [6.45, 7) is 7.24. The number of hydrogen-bond acceptors (Lipinski definition) is 3. The van der Waals surface area contributed by atoms with Crippen LogP contribution >= 0.6 is 0 Å². The van der Waals surface area contributed by atoms with Crippen molar-refractivity contribution in [2.75, 3.05) is 6.61 Å². The van der Waals surface area contributed by atoms with Gasteiger partial charge in [0.1, 0.15) is 12.4 Å². The highest BCUT2D eigenvalue weighted by Crippen LogP contribution is 2.18. The number of phenolic OH excluding ortho intramolecular Hbond substituents is 1. The molecule has 0 heterocycles. The molecule has 0 aliphatic rings. The smallest absolute Gasteiger partial charge is 0.338 e. The van der Waals surface area contributed by atoms with Crippen LogP contribution in [0.4, 0.5) is 0 Å². The molecule has 0 aliphatic carbocycles. The number of carbonyl (C=O) groups is 1. The Balaban J connectivity index is 2.96. The number of phenols is 1. The highest BCUT2D eigenvalue weighted by Gasteiger charge is 2.11. The normalized spacial score (nSPS) is 9.50. The van der Waals surface area contributed by atoms with Crippen molar-refractivity contribution in [3.8, 4) is 5.75 Å². The molecule has 0 spiro atoms. The maximum absolute atomic E-state index is 11.6. The Morgan fingerprint density at radius 3 is 2.75 bits per heavy atom. The fourth-order valence-corrected chi connectivity index (χ4v) is 1.32. The molecule has 0 unspecified atom stereocenters. The van der Waals surface area contributed by atoms with Crippen molar-refractivity contribution < 1.29 is 14.6 Å². The number of carbonyl (C=O) groups excluding carboxylic acids is 1. The average Bonchev–Trinajstić information content (AvgIpc) is 2.26. The molecule has 84 valence electrons. The molecule has 1 N–H and O–H groups in total. The number of aromatic hydroxyl groups is 1. The van der Waals surface area contributed by atoms with Crippen LogP contribution in [0.1, 0.15) is 15.9 Å². The van der Waals surface area contributed by atoms with Gasteiger partial charge in [0.25, 0.3) is 0 Å². The fourth-order valence-electron chi connectivity index (χ4n) is 1.32. The van der Waals surface area contributed by atoms with E-state index in [1.165, 1.54) is 18.2 Å². The zero-order chi connectivity index (χ0) is 12.0. The van der Waals surface area contributed by atoms with E-state index in [-0.39, 0.29) is 12.4 Å². The van der Waals surface area contributed by atoms with Crippen LogP contribution < -0.4 is 0 Å². The minimum Gasteiger partial charge on any atom is -0.508 e. The van der Waals surface area contributed by atoms with Gasteiger partial charge in [-0.05, 0) is 30.2 Å². The molecule has 1 aromatic rings. The van der Waals surface area contributed by atoms with Crippen LogP contribution in [0.15, 0.2) is 43.5 Å². The van der Waals surface area contributed by atoms with Crippen molar-refractivity contribution in [3.05, 3.63) is 54.6 Å². The lowest BCUT2D eigenvalue weighted by atomic mass is 10.0. The first-order valence-electron chi connectivity index (χ1n) is 4.90. The average molecular weight is 218 g/mol. The number of hydrogen-bond donors (Lipinski definition) is 1. The summed E-state index contributed by atoms with van der Waals surface area (Å²) in [4.78, 5) is 11.6. The molecule has 3 heteroatoms. The molecule has 1 rings (SSSR count). The summed E-state index contributed by atoms with van der Waals surface area (Å²) in [6, 6.07) is 4.53. The monoisotopic (exact) mass is 218 g/mol. The molecule has 0 atom stereocenters. The van der Waals surface area contributed by atoms with Crippen molar-refractivity contribution in [3.63, 3.8) is 0 Å². The Morgan fingerprint density at radius 2 is 2.12 bits per heavy atom. The van der Waals surface area contributed by atoms with Crippen molar-refractivity contribution in [2.45, 2.75) is 6.42 Å². The molecule has 0 radical (unpaired) electrons. The van der Waals surface area contributed by atoms with E-state index < -0.39 is 5.97 Å². The number of allylic oxidation sites excluding steroid dienone is 1. The van der Waals surface area contributed by atoms with Gasteiger partial charge in [-0.25, -0.2) is 4.79 Å². The Bertz CT molecular complexity index is 408. The largest absolute Gasteiger partial charge is 0.508 e. The summed E-state index contributed by atoms with van der Waals surface area (Å²) in [7, 11) is 0. The van der Waals surface area contributed by atoms with Crippen LogP contribution in [0.5, 0.6) is 5.75 Å². The van der Waals surface area contributed by atoms with Crippen LogP contribution in [0.2, 0.25) is 0 Å². The Labute approximate surface area is 94.7 Å². The van der Waals surface area contributed by atoms with Crippen molar-refractivity contribution in [1.82, 2.24) is 0 Å². The van der Waals surface area contributed by atoms with Gasteiger partial charge in [-0.15, -0.1) is 6.58 Å². The number of ether oxygens (including phenoxy) is 1. The lowest BCUT2D eigenvalue weighted by Crippen LogP contribution is -2.08. The summed E-state index contributed by atoms with van der Waals surface area (Å²) < 4.78 is 4.93. The molecule has 0 saturated heterocycles. The molecule has 0 fully saturated rings. The van der Waals surface area contributed by atoms with Crippen LogP contribution in [-0.4, -0.2) is 17.7 Å². The van der Waals surface area contributed by atoms with Crippen molar-refractivity contribution in [1.29, 1.82) is 0 Å². The van der Waals surface area contributed by atoms with E-state index >= 15 is 0 Å². The quantitative estimate of drug-likeness (QED) is 0.610. The van der Waals surface area contributed by atoms with Gasteiger partial charge < -0.3 is 9.84 Å². The summed E-state index contributed by atoms with van der Waals surface area (Å²) >= 11 is 0. The SMILES string of the molecule is C=CCOC(=O)c1ccc(O)cc1CC=C. The van der Waals surface area contributed by atoms with Crippen molar-refractivity contribution in [2.24, 2.45) is 0 Å². The van der Waals surface area contributed by atoms with E-state index in [9.17, 15) is 9.90 Å². The topological polar surface area (TPSA) is 46.5 Å². The van der Waals surface area contributed by atoms with Gasteiger partial charge in [-0.1, -0.05) is 18.7 Å². The molecular weight excluding hydrogens is 204 g/mol. The van der Waals surface area contributed by atoms with Crippen LogP contribution in [0.3, 0.4) is 0 Å². The van der Waals surface area contributed by atoms with Gasteiger partial charge >= 0.3 is 5.97 Å². The number of esters is 1. The Hall–Kier alpha value is -2.03. The Morgan fingerprint density at radius 1 is 1.38 bits per heavy atom. The maximum atomic E-state index is 11.6. The first-order chi connectivity index (χ1) is 7.69. The van der Waals surface area contributed by atoms with E-state index in [1.807, 2.05) is 0 Å². The first kappa shape index (κ1) is 12.0. The third-order valence-electron chi connectivity index (χ3n) is 2.01. The maximum Gasteiger partial charge on any atom is 0.338 e. The lowest BCUT2D eigenvalue weighted by Gasteiger charge is -2.07. The fraction of sp³-hybridized carbons (Fsp3) is 0.154. The van der Waals surface area contributed by atoms with E-state index in [2.05, 4.69) is 13.2 Å². The molecular formula is C13H14O3. The van der Waals surface area contributed by atoms with Crippen molar-refractivity contribution >= 4 is 5.97 Å². The zero-order valence-corrected chi connectivity index (χ0v) is 8.98. The van der Waals surface area contributed by atoms with E-state index in [0.717, 1.165) is 0 Å². The second kappa shape index (κ2) is 5.75. The van der Waals surface area contributed by atoms with Gasteiger partial charge in [-0.3, -0.25) is 0 Å². The second-order valence-electron chi connectivity index (χ2n) is 3.22. The van der Waals surface area contributed by atoms with E-state index in [1.54, 1.807) is 12.1 Å². The van der Waals surface area contributed by atoms with E-state index in [0.29, 0.717) is 17.5 Å². The Kier molecular flexibility index (Phi) is 4.33. The predicted molar refractivity (Wildman–Crippen MR) is 62.5 cm³/mol. The van der Waals surface area contributed by atoms with Gasteiger partial charge in [0, 0.05) is 0 Å². The summed E-state index contributed by atoms with van der Waals surface area (Å²) in [5, 5.41) is 9.32. The minimum absolute atomic E-state index is 0.122. The van der Waals surface area contributed by atoms with Gasteiger partial charge in [0.15, 0.2) is 0 Å². The van der Waals surface area contributed by atoms with Gasteiger partial charge in [-0.2, -0.15) is 0 Å². The number of rotatable bonds is 5. The van der Waals surface area contributed by atoms with Gasteiger partial charge in [0.2, 0.25) is 0 Å².